The molecular weight excluding hydrogens is 667 g/mol. The Morgan fingerprint density at radius 3 is 2.27 bits per heavy atom. The number of fused-ring (bicyclic) bond motifs is 1. The average Bonchev–Trinajstić information content (AvgIpc) is 3.09. The number of aliphatic hydroxyl groups excluding tert-OH is 1. The van der Waals surface area contributed by atoms with Crippen LogP contribution in [0.25, 0.3) is 0 Å². The summed E-state index contributed by atoms with van der Waals surface area (Å²) in [4.78, 5) is 43.3. The summed E-state index contributed by atoms with van der Waals surface area (Å²) >= 11 is 0. The van der Waals surface area contributed by atoms with Crippen LogP contribution in [0.2, 0.25) is 0 Å². The lowest BCUT2D eigenvalue weighted by molar-refractivity contribution is -0.137. The number of rotatable bonds is 7. The lowest BCUT2D eigenvalue weighted by atomic mass is 10.0. The van der Waals surface area contributed by atoms with E-state index in [1.165, 1.54) is 15.9 Å². The molecule has 0 bridgehead atoms. The molecule has 5 amide bonds. The van der Waals surface area contributed by atoms with Crippen LogP contribution in [0.5, 0.6) is 5.75 Å². The molecular formula is C37H46F3N5O6. The molecule has 1 aliphatic heterocycles. The van der Waals surface area contributed by atoms with Crippen molar-refractivity contribution in [3.8, 4) is 5.75 Å². The largest absolute Gasteiger partial charge is 0.490 e. The molecule has 0 aromatic heterocycles. The number of para-hydroxylation sites is 1. The maximum Gasteiger partial charge on any atom is 0.416 e. The van der Waals surface area contributed by atoms with E-state index < -0.39 is 35.8 Å². The summed E-state index contributed by atoms with van der Waals surface area (Å²) in [6.07, 6.45) is -3.03. The minimum atomic E-state index is -4.51. The number of aliphatic hydroxyl groups is 1. The predicted octanol–water partition coefficient (Wildman–Crippen LogP) is 7.31. The molecule has 276 valence electrons. The number of nitrogens with one attached hydrogen (secondary N) is 3. The molecule has 0 spiro atoms. The van der Waals surface area contributed by atoms with Gasteiger partial charge in [-0.2, -0.15) is 13.2 Å². The van der Waals surface area contributed by atoms with Gasteiger partial charge in [0, 0.05) is 49.7 Å². The van der Waals surface area contributed by atoms with Gasteiger partial charge in [0.2, 0.25) is 0 Å². The molecule has 4 rings (SSSR count). The van der Waals surface area contributed by atoms with Gasteiger partial charge < -0.3 is 40.3 Å². The van der Waals surface area contributed by atoms with Crippen LogP contribution in [0.1, 0.15) is 56.0 Å². The number of carbonyl (C=O) groups is 3. The van der Waals surface area contributed by atoms with E-state index in [1.807, 2.05) is 32.0 Å². The van der Waals surface area contributed by atoms with Crippen LogP contribution in [0, 0.1) is 5.92 Å². The summed E-state index contributed by atoms with van der Waals surface area (Å²) in [7, 11) is 1.68. The molecule has 0 radical (unpaired) electrons. The van der Waals surface area contributed by atoms with E-state index in [1.54, 1.807) is 38.2 Å². The van der Waals surface area contributed by atoms with E-state index in [2.05, 4.69) is 16.0 Å². The number of carbonyl (C=O) groups excluding carboxylic acids is 3. The van der Waals surface area contributed by atoms with Gasteiger partial charge in [-0.1, -0.05) is 25.1 Å². The first kappa shape index (κ1) is 39.0. The number of alkyl halides is 3. The zero-order valence-electron chi connectivity index (χ0n) is 29.2. The maximum atomic E-state index is 14.3. The fourth-order valence-corrected chi connectivity index (χ4v) is 5.59. The van der Waals surface area contributed by atoms with E-state index in [0.29, 0.717) is 24.5 Å². The predicted molar refractivity (Wildman–Crippen MR) is 189 cm³/mol. The quantitative estimate of drug-likeness (QED) is 0.203. The Morgan fingerprint density at radius 1 is 0.961 bits per heavy atom. The van der Waals surface area contributed by atoms with Gasteiger partial charge in [-0.05, 0) is 87.7 Å². The lowest BCUT2D eigenvalue weighted by Crippen LogP contribution is -2.48. The monoisotopic (exact) mass is 713 g/mol. The van der Waals surface area contributed by atoms with Gasteiger partial charge >= 0.3 is 18.2 Å². The molecule has 0 aliphatic carbocycles. The van der Waals surface area contributed by atoms with Crippen LogP contribution in [-0.2, 0) is 10.9 Å². The highest BCUT2D eigenvalue weighted by molar-refractivity contribution is 6.02. The third-order valence-electron chi connectivity index (χ3n) is 8.61. The molecule has 4 N–H and O–H groups in total. The number of anilines is 3. The first-order valence-corrected chi connectivity index (χ1v) is 16.9. The lowest BCUT2D eigenvalue weighted by Gasteiger charge is -2.35. The van der Waals surface area contributed by atoms with Gasteiger partial charge in [-0.3, -0.25) is 4.79 Å². The van der Waals surface area contributed by atoms with Gasteiger partial charge in [0.1, 0.15) is 5.75 Å². The van der Waals surface area contributed by atoms with Crippen molar-refractivity contribution in [3.63, 3.8) is 0 Å². The molecule has 4 atom stereocenters. The van der Waals surface area contributed by atoms with Crippen molar-refractivity contribution in [2.75, 3.05) is 49.3 Å². The van der Waals surface area contributed by atoms with Crippen molar-refractivity contribution in [2.45, 2.75) is 64.5 Å². The first-order valence-electron chi connectivity index (χ1n) is 16.9. The molecule has 0 fully saturated rings. The fraction of sp³-hybridized carbons (Fsp3) is 0.432. The Balaban J connectivity index is 1.56. The molecule has 0 saturated heterocycles. The second-order valence-corrected chi connectivity index (χ2v) is 12.8. The van der Waals surface area contributed by atoms with Gasteiger partial charge in [0.05, 0.1) is 36.0 Å². The standard InChI is InChI=1S/C37H46F3N5O6/c1-24-21-45(25(2)23-46)34(47)31-20-30(42-35(48)41-29-15-13-27(14-16-29)37(38,39)40)17-18-32(31)51-26(3)10-8-9-19-50-33(24)22-44(4)36(49)43-28-11-6-5-7-12-28/h5-7,11-18,20,24-26,33,46H,8-10,19,21-23H2,1-4H3,(H,43,49)(H2,41,42,48)/t24-,25+,26+,33+/m0/s1. The zero-order valence-corrected chi connectivity index (χ0v) is 29.2. The number of nitrogens with zero attached hydrogens (tertiary/aromatic N) is 2. The number of ether oxygens (including phenoxy) is 2. The fourth-order valence-electron chi connectivity index (χ4n) is 5.59. The minimum absolute atomic E-state index is 0.143. The molecule has 1 aliphatic rings. The van der Waals surface area contributed by atoms with Crippen LogP contribution in [0.4, 0.5) is 39.8 Å². The number of hydrogen-bond donors (Lipinski definition) is 4. The third kappa shape index (κ3) is 11.3. The summed E-state index contributed by atoms with van der Waals surface area (Å²) in [6, 6.07) is 16.1. The Kier molecular flexibility index (Phi) is 13.7. The molecule has 51 heavy (non-hydrogen) atoms. The molecule has 3 aromatic rings. The SMILES string of the molecule is C[C@@H]1CCCCO[C@H](CN(C)C(=O)Nc2ccccc2)[C@@H](C)CN([C@H](C)CO)C(=O)c2cc(NC(=O)Nc3ccc(C(F)(F)F)cc3)ccc2O1. The van der Waals surface area contributed by atoms with Crippen molar-refractivity contribution in [3.05, 3.63) is 83.9 Å². The van der Waals surface area contributed by atoms with Crippen molar-refractivity contribution in [1.29, 1.82) is 0 Å². The van der Waals surface area contributed by atoms with Crippen LogP contribution in [0.15, 0.2) is 72.8 Å². The maximum absolute atomic E-state index is 14.3. The zero-order chi connectivity index (χ0) is 37.1. The molecule has 1 heterocycles. The van der Waals surface area contributed by atoms with Crippen LogP contribution >= 0.6 is 0 Å². The highest BCUT2D eigenvalue weighted by Gasteiger charge is 2.32. The van der Waals surface area contributed by atoms with Gasteiger partial charge in [0.15, 0.2) is 0 Å². The van der Waals surface area contributed by atoms with E-state index >= 15 is 0 Å². The Morgan fingerprint density at radius 2 is 1.61 bits per heavy atom. The summed E-state index contributed by atoms with van der Waals surface area (Å²) in [5.41, 5.74) is 0.339. The Labute approximate surface area is 296 Å². The summed E-state index contributed by atoms with van der Waals surface area (Å²) in [5, 5.41) is 18.2. The van der Waals surface area contributed by atoms with E-state index in [4.69, 9.17) is 9.47 Å². The summed E-state index contributed by atoms with van der Waals surface area (Å²) in [5.74, 6) is -0.438. The Bertz CT molecular complexity index is 1610. The molecule has 0 unspecified atom stereocenters. The highest BCUT2D eigenvalue weighted by Crippen LogP contribution is 2.31. The minimum Gasteiger partial charge on any atom is -0.490 e. The van der Waals surface area contributed by atoms with E-state index in [9.17, 15) is 32.7 Å². The van der Waals surface area contributed by atoms with Gasteiger partial charge in [-0.15, -0.1) is 0 Å². The number of hydrogen-bond acceptors (Lipinski definition) is 6. The van der Waals surface area contributed by atoms with E-state index in [0.717, 1.165) is 37.1 Å². The molecule has 3 aromatic carbocycles. The summed E-state index contributed by atoms with van der Waals surface area (Å²) < 4.78 is 51.4. The number of amides is 5. The number of benzene rings is 3. The van der Waals surface area contributed by atoms with Crippen LogP contribution in [-0.4, -0.2) is 84.5 Å². The third-order valence-corrected chi connectivity index (χ3v) is 8.61. The molecule has 0 saturated carbocycles. The normalized spacial score (nSPS) is 19.5. The van der Waals surface area contributed by atoms with Gasteiger partial charge in [0.25, 0.3) is 5.91 Å². The van der Waals surface area contributed by atoms with E-state index in [-0.39, 0.29) is 54.7 Å². The smallest absolute Gasteiger partial charge is 0.416 e. The van der Waals surface area contributed by atoms with Crippen molar-refractivity contribution < 1.29 is 42.1 Å². The molecule has 11 nitrogen and oxygen atoms in total. The second-order valence-electron chi connectivity index (χ2n) is 12.8. The number of urea groups is 2. The number of halogens is 3. The second kappa shape index (κ2) is 17.9. The van der Waals surface area contributed by atoms with Crippen molar-refractivity contribution in [2.24, 2.45) is 5.92 Å². The van der Waals surface area contributed by atoms with Crippen LogP contribution < -0.4 is 20.7 Å². The van der Waals surface area contributed by atoms with Gasteiger partial charge in [-0.25, -0.2) is 9.59 Å². The van der Waals surface area contributed by atoms with Crippen LogP contribution in [0.3, 0.4) is 0 Å². The highest BCUT2D eigenvalue weighted by atomic mass is 19.4. The first-order chi connectivity index (χ1) is 24.2. The van der Waals surface area contributed by atoms with Crippen molar-refractivity contribution in [1.82, 2.24) is 9.80 Å². The average molecular weight is 714 g/mol. The topological polar surface area (TPSA) is 132 Å². The Hall–Kier alpha value is -4.82. The number of likely N-dealkylation sites (N-methyl/N-ethyl adjacent to an activating group) is 1. The molecule has 14 heteroatoms. The van der Waals surface area contributed by atoms with Crippen molar-refractivity contribution >= 4 is 35.0 Å². The summed E-state index contributed by atoms with van der Waals surface area (Å²) in [6.45, 7) is 6.06.